The Balaban J connectivity index is 1.80. The van der Waals surface area contributed by atoms with Gasteiger partial charge in [0, 0.05) is 37.0 Å². The topological polar surface area (TPSA) is 84.5 Å². The van der Waals surface area contributed by atoms with Crippen LogP contribution >= 0.6 is 11.6 Å². The molecule has 23 heavy (non-hydrogen) atoms. The molecule has 1 aliphatic rings. The summed E-state index contributed by atoms with van der Waals surface area (Å²) in [6, 6.07) is 3.54. The molecule has 0 radical (unpaired) electrons. The number of ether oxygens (including phenoxy) is 1. The van der Waals surface area contributed by atoms with Crippen LogP contribution in [-0.2, 0) is 6.42 Å². The molecule has 124 valence electrons. The molecule has 6 nitrogen and oxygen atoms in total. The van der Waals surface area contributed by atoms with Crippen molar-refractivity contribution in [2.24, 2.45) is 5.73 Å². The first-order valence-electron chi connectivity index (χ1n) is 7.72. The van der Waals surface area contributed by atoms with Gasteiger partial charge in [-0.2, -0.15) is 0 Å². The van der Waals surface area contributed by atoms with Gasteiger partial charge in [-0.3, -0.25) is 4.98 Å². The molecule has 0 unspecified atom stereocenters. The molecule has 0 spiro atoms. The second-order valence-corrected chi connectivity index (χ2v) is 6.28. The number of likely N-dealkylation sites (tertiary alicyclic amines) is 1. The number of aromatic nitrogens is 2. The number of pyridine rings is 2. The van der Waals surface area contributed by atoms with Crippen LogP contribution in [0.15, 0.2) is 18.3 Å². The number of aliphatic hydroxyl groups is 1. The van der Waals surface area contributed by atoms with Crippen molar-refractivity contribution in [2.45, 2.75) is 25.0 Å². The third-order valence-corrected chi connectivity index (χ3v) is 4.67. The first kappa shape index (κ1) is 16.4. The van der Waals surface area contributed by atoms with Crippen LogP contribution in [0.1, 0.15) is 12.0 Å². The first-order chi connectivity index (χ1) is 11.1. The molecule has 0 aliphatic carbocycles. The van der Waals surface area contributed by atoms with E-state index in [0.29, 0.717) is 17.4 Å². The highest BCUT2D eigenvalue weighted by Crippen LogP contribution is 2.25. The van der Waals surface area contributed by atoms with Gasteiger partial charge >= 0.3 is 0 Å². The van der Waals surface area contributed by atoms with Crippen LogP contribution in [0.3, 0.4) is 0 Å². The maximum absolute atomic E-state index is 9.91. The quantitative estimate of drug-likeness (QED) is 0.873. The number of rotatable bonds is 4. The smallest absolute Gasteiger partial charge is 0.213 e. The highest BCUT2D eigenvalue weighted by molar-refractivity contribution is 6.32. The number of hydrogen-bond acceptors (Lipinski definition) is 6. The summed E-state index contributed by atoms with van der Waals surface area (Å²) >= 11 is 6.34. The zero-order valence-corrected chi connectivity index (χ0v) is 13.8. The molecule has 3 rings (SSSR count). The molecular formula is C16H21ClN4O2. The van der Waals surface area contributed by atoms with E-state index in [0.717, 1.165) is 42.5 Å². The minimum Gasteiger partial charge on any atom is -0.481 e. The number of fused-ring (bicyclic) bond motifs is 1. The van der Waals surface area contributed by atoms with Crippen LogP contribution in [0, 0.1) is 0 Å². The van der Waals surface area contributed by atoms with E-state index in [4.69, 9.17) is 22.1 Å². The number of hydrogen-bond donors (Lipinski definition) is 2. The van der Waals surface area contributed by atoms with Gasteiger partial charge in [-0.05, 0) is 25.5 Å². The van der Waals surface area contributed by atoms with Crippen LogP contribution < -0.4 is 10.5 Å². The van der Waals surface area contributed by atoms with E-state index in [1.54, 1.807) is 19.4 Å². The molecule has 0 amide bonds. The minimum absolute atomic E-state index is 0.123. The van der Waals surface area contributed by atoms with Gasteiger partial charge in [0.05, 0.1) is 29.3 Å². The number of aliphatic hydroxyl groups excluding tert-OH is 1. The molecule has 0 saturated carbocycles. The fourth-order valence-electron chi connectivity index (χ4n) is 2.92. The van der Waals surface area contributed by atoms with Crippen molar-refractivity contribution < 1.29 is 9.84 Å². The van der Waals surface area contributed by atoms with Crippen LogP contribution in [0.5, 0.6) is 5.88 Å². The summed E-state index contributed by atoms with van der Waals surface area (Å²) in [6.45, 7) is 2.27. The normalized spacial score (nSPS) is 22.4. The Hall–Kier alpha value is -1.47. The Morgan fingerprint density at radius 2 is 2.30 bits per heavy atom. The second kappa shape index (κ2) is 6.97. The number of halogens is 1. The van der Waals surface area contributed by atoms with Crippen molar-refractivity contribution in [1.29, 1.82) is 0 Å². The van der Waals surface area contributed by atoms with Crippen molar-refractivity contribution in [3.8, 4) is 5.88 Å². The highest BCUT2D eigenvalue weighted by atomic mass is 35.5. The lowest BCUT2D eigenvalue weighted by atomic mass is 10.0. The van der Waals surface area contributed by atoms with Gasteiger partial charge in [0.1, 0.15) is 0 Å². The summed E-state index contributed by atoms with van der Waals surface area (Å²) in [5.41, 5.74) is 8.37. The van der Waals surface area contributed by atoms with Crippen LogP contribution in [0.4, 0.5) is 0 Å². The van der Waals surface area contributed by atoms with Gasteiger partial charge in [0.2, 0.25) is 5.88 Å². The summed E-state index contributed by atoms with van der Waals surface area (Å²) in [6.07, 6.45) is 2.73. The molecule has 1 fully saturated rings. The molecule has 7 heteroatoms. The van der Waals surface area contributed by atoms with Gasteiger partial charge in [-0.1, -0.05) is 11.6 Å². The van der Waals surface area contributed by atoms with E-state index in [2.05, 4.69) is 14.9 Å². The van der Waals surface area contributed by atoms with Gasteiger partial charge in [-0.15, -0.1) is 0 Å². The summed E-state index contributed by atoms with van der Waals surface area (Å²) < 4.78 is 5.20. The summed E-state index contributed by atoms with van der Waals surface area (Å²) in [5, 5.41) is 10.5. The van der Waals surface area contributed by atoms with Crippen molar-refractivity contribution in [3.63, 3.8) is 0 Å². The first-order valence-corrected chi connectivity index (χ1v) is 8.10. The average molecular weight is 337 g/mol. The monoisotopic (exact) mass is 336 g/mol. The van der Waals surface area contributed by atoms with E-state index in [1.807, 2.05) is 6.07 Å². The molecule has 1 aliphatic heterocycles. The lowest BCUT2D eigenvalue weighted by Gasteiger charge is -2.34. The fourth-order valence-corrected chi connectivity index (χ4v) is 3.15. The Kier molecular flexibility index (Phi) is 4.96. The van der Waals surface area contributed by atoms with Crippen LogP contribution in [-0.4, -0.2) is 58.9 Å². The van der Waals surface area contributed by atoms with Crippen molar-refractivity contribution in [1.82, 2.24) is 14.9 Å². The average Bonchev–Trinajstić information content (AvgIpc) is 2.56. The minimum atomic E-state index is -0.466. The van der Waals surface area contributed by atoms with Gasteiger partial charge in [0.15, 0.2) is 0 Å². The van der Waals surface area contributed by atoms with Crippen LogP contribution in [0.25, 0.3) is 11.0 Å². The molecule has 2 aromatic rings. The van der Waals surface area contributed by atoms with E-state index in [1.165, 1.54) is 0 Å². The Morgan fingerprint density at radius 1 is 1.48 bits per heavy atom. The molecule has 3 heterocycles. The maximum Gasteiger partial charge on any atom is 0.213 e. The maximum atomic E-state index is 9.91. The summed E-state index contributed by atoms with van der Waals surface area (Å²) in [7, 11) is 1.59. The third-order valence-electron chi connectivity index (χ3n) is 4.34. The standard InChI is InChI=1S/C16H21ClN4O2/c1-23-15-3-2-13-16(20-15)10(11(17)8-19-13)4-6-21-7-5-12(18)14(22)9-21/h2-3,8,12,14,22H,4-7,9,18H2,1H3/t12-,14-/m0/s1. The van der Waals surface area contributed by atoms with E-state index in [-0.39, 0.29) is 6.04 Å². The van der Waals surface area contributed by atoms with E-state index < -0.39 is 6.10 Å². The summed E-state index contributed by atoms with van der Waals surface area (Å²) in [5.74, 6) is 0.544. The SMILES string of the molecule is COc1ccc2ncc(Cl)c(CCN3CC[C@H](N)[C@@H](O)C3)c2n1. The van der Waals surface area contributed by atoms with Crippen LogP contribution in [0.2, 0.25) is 5.02 Å². The fraction of sp³-hybridized carbons (Fsp3) is 0.500. The molecular weight excluding hydrogens is 316 g/mol. The van der Waals surface area contributed by atoms with E-state index >= 15 is 0 Å². The zero-order valence-electron chi connectivity index (χ0n) is 13.1. The third kappa shape index (κ3) is 3.55. The van der Waals surface area contributed by atoms with Crippen molar-refractivity contribution in [2.75, 3.05) is 26.7 Å². The van der Waals surface area contributed by atoms with Gasteiger partial charge in [0.25, 0.3) is 0 Å². The summed E-state index contributed by atoms with van der Waals surface area (Å²) in [4.78, 5) is 11.0. The molecule has 1 saturated heterocycles. The van der Waals surface area contributed by atoms with Crippen molar-refractivity contribution in [3.05, 3.63) is 28.9 Å². The number of nitrogens with two attached hydrogens (primary N) is 1. The van der Waals surface area contributed by atoms with E-state index in [9.17, 15) is 5.11 Å². The second-order valence-electron chi connectivity index (χ2n) is 5.88. The Bertz CT molecular complexity index is 697. The number of methoxy groups -OCH3 is 1. The van der Waals surface area contributed by atoms with Gasteiger partial charge in [-0.25, -0.2) is 4.98 Å². The molecule has 2 aromatic heterocycles. The number of nitrogens with zero attached hydrogens (tertiary/aromatic N) is 3. The molecule has 3 N–H and O–H groups in total. The lowest BCUT2D eigenvalue weighted by molar-refractivity contribution is 0.0542. The lowest BCUT2D eigenvalue weighted by Crippen LogP contribution is -2.50. The number of piperidine rings is 1. The highest BCUT2D eigenvalue weighted by Gasteiger charge is 2.24. The number of β-amino-alcohol motifs (C(OH)–C–C–N with tert-alkyl or cyclic N) is 1. The largest absolute Gasteiger partial charge is 0.481 e. The molecule has 2 atom stereocenters. The Labute approximate surface area is 140 Å². The molecule has 0 bridgehead atoms. The molecule has 0 aromatic carbocycles. The zero-order chi connectivity index (χ0) is 16.4. The van der Waals surface area contributed by atoms with Gasteiger partial charge < -0.3 is 20.5 Å². The predicted molar refractivity (Wildman–Crippen MR) is 89.8 cm³/mol. The predicted octanol–water partition coefficient (Wildman–Crippen LogP) is 1.23. The Morgan fingerprint density at radius 3 is 3.04 bits per heavy atom. The van der Waals surface area contributed by atoms with Crippen molar-refractivity contribution >= 4 is 22.6 Å².